The van der Waals surface area contributed by atoms with Crippen LogP contribution in [0.25, 0.3) is 16.5 Å². The van der Waals surface area contributed by atoms with Gasteiger partial charge in [0.15, 0.2) is 0 Å². The van der Waals surface area contributed by atoms with Crippen molar-refractivity contribution < 1.29 is 9.32 Å². The van der Waals surface area contributed by atoms with Gasteiger partial charge in [-0.3, -0.25) is 4.79 Å². The minimum absolute atomic E-state index is 0.0196. The van der Waals surface area contributed by atoms with Crippen molar-refractivity contribution >= 4 is 22.4 Å². The number of aryl methyl sites for hydroxylation is 1. The zero-order chi connectivity index (χ0) is 25.3. The van der Waals surface area contributed by atoms with Crippen LogP contribution >= 0.6 is 0 Å². The molecule has 0 saturated carbocycles. The molecule has 184 valence electrons. The van der Waals surface area contributed by atoms with E-state index in [0.29, 0.717) is 23.1 Å². The van der Waals surface area contributed by atoms with Gasteiger partial charge in [0, 0.05) is 29.7 Å². The van der Waals surface area contributed by atoms with E-state index in [1.54, 1.807) is 0 Å². The van der Waals surface area contributed by atoms with Crippen LogP contribution in [0, 0.1) is 6.92 Å². The van der Waals surface area contributed by atoms with Crippen molar-refractivity contribution in [3.05, 3.63) is 82.4 Å². The number of amides is 1. The van der Waals surface area contributed by atoms with Crippen LogP contribution in [0.5, 0.6) is 0 Å². The first-order chi connectivity index (χ1) is 16.7. The van der Waals surface area contributed by atoms with Crippen LogP contribution in [0.1, 0.15) is 92.2 Å². The van der Waals surface area contributed by atoms with Crippen LogP contribution in [-0.4, -0.2) is 34.0 Å². The SMILES string of the molecule is C=C(C)/C=C(\C=C(C)C)c1[nH]c2ccc(C3CCN(C(=O)c4conc4C)CC3)cc2c1C(C)C. The summed E-state index contributed by atoms with van der Waals surface area (Å²) in [6.07, 6.45) is 7.76. The molecule has 1 aliphatic heterocycles. The highest BCUT2D eigenvalue weighted by atomic mass is 16.5. The zero-order valence-electron chi connectivity index (χ0n) is 21.9. The molecular weight excluding hydrogens is 434 g/mol. The molecule has 0 spiro atoms. The van der Waals surface area contributed by atoms with Crippen LogP contribution in [0.2, 0.25) is 0 Å². The van der Waals surface area contributed by atoms with Gasteiger partial charge in [0.05, 0.1) is 5.69 Å². The number of nitrogens with zero attached hydrogens (tertiary/aromatic N) is 2. The average molecular weight is 472 g/mol. The average Bonchev–Trinajstić information content (AvgIpc) is 3.40. The number of allylic oxidation sites excluding steroid dienone is 5. The summed E-state index contributed by atoms with van der Waals surface area (Å²) in [5, 5.41) is 5.15. The smallest absolute Gasteiger partial charge is 0.259 e. The Morgan fingerprint density at radius 1 is 1.20 bits per heavy atom. The van der Waals surface area contributed by atoms with Gasteiger partial charge in [0.1, 0.15) is 11.8 Å². The quantitative estimate of drug-likeness (QED) is 0.378. The number of fused-ring (bicyclic) bond motifs is 1. The van der Waals surface area contributed by atoms with Gasteiger partial charge in [-0.1, -0.05) is 54.9 Å². The number of H-pyrrole nitrogens is 1. The fourth-order valence-electron chi connectivity index (χ4n) is 5.16. The summed E-state index contributed by atoms with van der Waals surface area (Å²) in [6, 6.07) is 6.85. The van der Waals surface area contributed by atoms with Gasteiger partial charge in [-0.25, -0.2) is 0 Å². The molecule has 0 unspecified atom stereocenters. The van der Waals surface area contributed by atoms with Crippen molar-refractivity contribution in [2.24, 2.45) is 0 Å². The predicted octanol–water partition coefficient (Wildman–Crippen LogP) is 7.53. The van der Waals surface area contributed by atoms with Gasteiger partial charge in [-0.15, -0.1) is 0 Å². The molecule has 0 atom stereocenters. The summed E-state index contributed by atoms with van der Waals surface area (Å²) in [5.41, 5.74) is 9.74. The fourth-order valence-corrected chi connectivity index (χ4v) is 5.16. The minimum Gasteiger partial charge on any atom is -0.364 e. The van der Waals surface area contributed by atoms with Crippen molar-refractivity contribution in [3.63, 3.8) is 0 Å². The van der Waals surface area contributed by atoms with Gasteiger partial charge in [0.25, 0.3) is 5.91 Å². The van der Waals surface area contributed by atoms with Crippen molar-refractivity contribution in [1.82, 2.24) is 15.0 Å². The van der Waals surface area contributed by atoms with E-state index in [-0.39, 0.29) is 5.91 Å². The molecule has 0 bridgehead atoms. The van der Waals surface area contributed by atoms with E-state index >= 15 is 0 Å². The number of nitrogens with one attached hydrogen (secondary N) is 1. The fraction of sp³-hybridized carbons (Fsp3) is 0.400. The lowest BCUT2D eigenvalue weighted by atomic mass is 9.87. The van der Waals surface area contributed by atoms with Crippen LogP contribution in [0.15, 0.2) is 58.9 Å². The van der Waals surface area contributed by atoms with Gasteiger partial charge in [-0.05, 0) is 81.2 Å². The van der Waals surface area contributed by atoms with E-state index in [1.807, 2.05) is 18.7 Å². The Hall–Kier alpha value is -3.34. The molecule has 35 heavy (non-hydrogen) atoms. The van der Waals surface area contributed by atoms with E-state index < -0.39 is 0 Å². The number of benzene rings is 1. The summed E-state index contributed by atoms with van der Waals surface area (Å²) < 4.78 is 4.97. The number of carbonyl (C=O) groups is 1. The molecule has 2 aromatic heterocycles. The number of rotatable bonds is 6. The van der Waals surface area contributed by atoms with E-state index in [4.69, 9.17) is 4.52 Å². The first kappa shape index (κ1) is 24.8. The number of carbonyl (C=O) groups excluding carboxylic acids is 1. The third kappa shape index (κ3) is 5.19. The molecule has 1 aliphatic rings. The lowest BCUT2D eigenvalue weighted by Crippen LogP contribution is -2.38. The molecule has 3 heterocycles. The number of aromatic amines is 1. The third-order valence-electron chi connectivity index (χ3n) is 6.81. The maximum absolute atomic E-state index is 12.8. The Morgan fingerprint density at radius 3 is 2.49 bits per heavy atom. The Balaban J connectivity index is 1.63. The Kier molecular flexibility index (Phi) is 7.15. The molecule has 0 radical (unpaired) electrons. The number of likely N-dealkylation sites (tertiary alicyclic amines) is 1. The van der Waals surface area contributed by atoms with Crippen molar-refractivity contribution in [2.45, 2.75) is 66.2 Å². The maximum atomic E-state index is 12.8. The van der Waals surface area contributed by atoms with Gasteiger partial charge >= 0.3 is 0 Å². The summed E-state index contributed by atoms with van der Waals surface area (Å²) in [5.74, 6) is 0.832. The van der Waals surface area contributed by atoms with Crippen LogP contribution in [0.4, 0.5) is 0 Å². The number of piperidine rings is 1. The first-order valence-electron chi connectivity index (χ1n) is 12.5. The molecule has 3 aromatic rings. The molecule has 1 fully saturated rings. The largest absolute Gasteiger partial charge is 0.364 e. The Morgan fingerprint density at radius 2 is 1.91 bits per heavy atom. The summed E-state index contributed by atoms with van der Waals surface area (Å²) >= 11 is 0. The predicted molar refractivity (Wildman–Crippen MR) is 144 cm³/mol. The highest BCUT2D eigenvalue weighted by Crippen LogP contribution is 2.37. The highest BCUT2D eigenvalue weighted by molar-refractivity contribution is 5.95. The van der Waals surface area contributed by atoms with Crippen molar-refractivity contribution in [1.29, 1.82) is 0 Å². The zero-order valence-corrected chi connectivity index (χ0v) is 21.9. The summed E-state index contributed by atoms with van der Waals surface area (Å²) in [7, 11) is 0. The molecule has 1 amide bonds. The second-order valence-corrected chi connectivity index (χ2v) is 10.4. The van der Waals surface area contributed by atoms with E-state index in [9.17, 15) is 4.79 Å². The van der Waals surface area contributed by atoms with E-state index in [2.05, 4.69) is 74.8 Å². The molecule has 0 aliphatic carbocycles. The molecule has 5 nitrogen and oxygen atoms in total. The number of hydrogen-bond donors (Lipinski definition) is 1. The molecule has 4 rings (SSSR count). The number of aromatic nitrogens is 2. The van der Waals surface area contributed by atoms with E-state index in [1.165, 1.54) is 39.6 Å². The van der Waals surface area contributed by atoms with Crippen LogP contribution in [-0.2, 0) is 0 Å². The van der Waals surface area contributed by atoms with Crippen LogP contribution < -0.4 is 0 Å². The molecule has 1 saturated heterocycles. The second-order valence-electron chi connectivity index (χ2n) is 10.4. The van der Waals surface area contributed by atoms with E-state index in [0.717, 1.165) is 37.0 Å². The normalized spacial score (nSPS) is 15.2. The maximum Gasteiger partial charge on any atom is 0.259 e. The van der Waals surface area contributed by atoms with Crippen molar-refractivity contribution in [2.75, 3.05) is 13.1 Å². The lowest BCUT2D eigenvalue weighted by Gasteiger charge is -2.32. The highest BCUT2D eigenvalue weighted by Gasteiger charge is 2.27. The second kappa shape index (κ2) is 10.1. The molecular formula is C30H37N3O2. The summed E-state index contributed by atoms with van der Waals surface area (Å²) in [6.45, 7) is 18.2. The molecule has 5 heteroatoms. The van der Waals surface area contributed by atoms with Gasteiger partial charge < -0.3 is 14.4 Å². The standard InChI is InChI=1S/C30H37N3O2/c1-18(2)14-24(15-19(3)4)29-28(20(5)6)25-16-23(8-9-27(25)31-29)22-10-12-33(13-11-22)30(34)26-17-35-32-21(26)7/h8-9,14-17,20,22,31H,1,10-13H2,2-7H3/b24-14+. The van der Waals surface area contributed by atoms with Crippen LogP contribution in [0.3, 0.4) is 0 Å². The molecule has 1 aromatic carbocycles. The van der Waals surface area contributed by atoms with Gasteiger partial charge in [-0.2, -0.15) is 0 Å². The monoisotopic (exact) mass is 471 g/mol. The topological polar surface area (TPSA) is 62.1 Å². The minimum atomic E-state index is 0.0196. The third-order valence-corrected chi connectivity index (χ3v) is 6.81. The van der Waals surface area contributed by atoms with Gasteiger partial charge in [0.2, 0.25) is 0 Å². The lowest BCUT2D eigenvalue weighted by molar-refractivity contribution is 0.0711. The molecule has 1 N–H and O–H groups in total. The Labute approximate surface area is 208 Å². The Bertz CT molecular complexity index is 1310. The first-order valence-corrected chi connectivity index (χ1v) is 12.5. The van der Waals surface area contributed by atoms with Crippen molar-refractivity contribution in [3.8, 4) is 0 Å². The number of hydrogen-bond acceptors (Lipinski definition) is 3. The summed E-state index contributed by atoms with van der Waals surface area (Å²) in [4.78, 5) is 18.5.